The first-order chi connectivity index (χ1) is 8.63. The Labute approximate surface area is 121 Å². The van der Waals surface area contributed by atoms with E-state index in [1.165, 1.54) is 0 Å². The normalized spacial score (nSPS) is 21.6. The second-order valence-electron chi connectivity index (χ2n) is 4.84. The summed E-state index contributed by atoms with van der Waals surface area (Å²) in [6.07, 6.45) is 3.01. The van der Waals surface area contributed by atoms with E-state index in [0.717, 1.165) is 19.3 Å². The van der Waals surface area contributed by atoms with Gasteiger partial charge in [0.25, 0.3) is 0 Å². The predicted octanol–water partition coefficient (Wildman–Crippen LogP) is 0.768. The summed E-state index contributed by atoms with van der Waals surface area (Å²) in [5, 5.41) is 2.72. The molecule has 0 aromatic carbocycles. The predicted molar refractivity (Wildman–Crippen MR) is 78.1 cm³/mol. The number of nitrogens with two attached hydrogens (primary N) is 1. The van der Waals surface area contributed by atoms with E-state index in [2.05, 4.69) is 5.32 Å². The summed E-state index contributed by atoms with van der Waals surface area (Å²) in [7, 11) is 0. The molecule has 0 bridgehead atoms. The Kier molecular flexibility index (Phi) is 8.76. The first-order valence-corrected chi connectivity index (χ1v) is 6.89. The van der Waals surface area contributed by atoms with E-state index in [4.69, 9.17) is 5.73 Å². The van der Waals surface area contributed by atoms with Crippen LogP contribution in [-0.4, -0.2) is 42.9 Å². The molecular formula is C13H26ClN3O2. The van der Waals surface area contributed by atoms with Crippen LogP contribution in [0.5, 0.6) is 0 Å². The summed E-state index contributed by atoms with van der Waals surface area (Å²) >= 11 is 0. The van der Waals surface area contributed by atoms with E-state index in [1.807, 2.05) is 13.8 Å². The molecule has 0 spiro atoms. The van der Waals surface area contributed by atoms with Gasteiger partial charge in [0.05, 0.1) is 6.54 Å². The standard InChI is InChI=1S/C13H25N3O2.ClH/c1-3-15-12(17)9-16(4-2)13(18)11-7-5-6-10(11)8-14;/h10-11H,3-9,14H2,1-2H3,(H,15,17);1H/t10-,11-;/m1./s1. The van der Waals surface area contributed by atoms with Crippen LogP contribution in [0.25, 0.3) is 0 Å². The molecule has 2 amide bonds. The Morgan fingerprint density at radius 3 is 2.53 bits per heavy atom. The Bertz CT molecular complexity index is 300. The molecule has 1 aliphatic rings. The van der Waals surface area contributed by atoms with Gasteiger partial charge in [-0.2, -0.15) is 0 Å². The first kappa shape index (κ1) is 18.2. The maximum atomic E-state index is 12.4. The lowest BCUT2D eigenvalue weighted by atomic mass is 9.94. The minimum atomic E-state index is -0.0880. The van der Waals surface area contributed by atoms with Crippen molar-refractivity contribution >= 4 is 24.2 Å². The highest BCUT2D eigenvalue weighted by molar-refractivity contribution is 5.86. The third kappa shape index (κ3) is 4.99. The highest BCUT2D eigenvalue weighted by Crippen LogP contribution is 2.32. The monoisotopic (exact) mass is 291 g/mol. The average molecular weight is 292 g/mol. The van der Waals surface area contributed by atoms with Crippen molar-refractivity contribution in [2.45, 2.75) is 33.1 Å². The molecular weight excluding hydrogens is 266 g/mol. The number of nitrogens with zero attached hydrogens (tertiary/aromatic N) is 1. The Balaban J connectivity index is 0.00000324. The van der Waals surface area contributed by atoms with Crippen LogP contribution < -0.4 is 11.1 Å². The van der Waals surface area contributed by atoms with Gasteiger partial charge >= 0.3 is 0 Å². The SMILES string of the molecule is CCNC(=O)CN(CC)C(=O)[C@@H]1CCC[C@@H]1CN.Cl. The Hall–Kier alpha value is -0.810. The lowest BCUT2D eigenvalue weighted by Crippen LogP contribution is -2.44. The van der Waals surface area contributed by atoms with Crippen LogP contribution in [0, 0.1) is 11.8 Å². The third-order valence-corrected chi connectivity index (χ3v) is 3.68. The van der Waals surface area contributed by atoms with Gasteiger partial charge in [-0.1, -0.05) is 6.42 Å². The number of carbonyl (C=O) groups is 2. The van der Waals surface area contributed by atoms with E-state index in [-0.39, 0.29) is 36.7 Å². The average Bonchev–Trinajstić information content (AvgIpc) is 2.83. The number of halogens is 1. The molecule has 0 saturated heterocycles. The molecule has 0 aromatic heterocycles. The smallest absolute Gasteiger partial charge is 0.239 e. The fourth-order valence-corrected chi connectivity index (χ4v) is 2.65. The van der Waals surface area contributed by atoms with Crippen molar-refractivity contribution in [3.8, 4) is 0 Å². The van der Waals surface area contributed by atoms with Crippen LogP contribution in [0.2, 0.25) is 0 Å². The van der Waals surface area contributed by atoms with E-state index in [1.54, 1.807) is 4.90 Å². The van der Waals surface area contributed by atoms with E-state index in [0.29, 0.717) is 25.6 Å². The summed E-state index contributed by atoms with van der Waals surface area (Å²) in [4.78, 5) is 25.6. The number of nitrogens with one attached hydrogen (secondary N) is 1. The van der Waals surface area contributed by atoms with E-state index >= 15 is 0 Å². The molecule has 0 aromatic rings. The van der Waals surface area contributed by atoms with Gasteiger partial charge in [0, 0.05) is 19.0 Å². The van der Waals surface area contributed by atoms with Gasteiger partial charge < -0.3 is 16.0 Å². The molecule has 112 valence electrons. The molecule has 0 unspecified atom stereocenters. The van der Waals surface area contributed by atoms with Gasteiger partial charge in [0.2, 0.25) is 11.8 Å². The van der Waals surface area contributed by atoms with Crippen molar-refractivity contribution in [2.75, 3.05) is 26.2 Å². The van der Waals surface area contributed by atoms with Crippen LogP contribution in [0.15, 0.2) is 0 Å². The van der Waals surface area contributed by atoms with Gasteiger partial charge in [-0.25, -0.2) is 0 Å². The second kappa shape index (κ2) is 9.15. The zero-order chi connectivity index (χ0) is 13.5. The van der Waals surface area contributed by atoms with Gasteiger partial charge in [-0.3, -0.25) is 9.59 Å². The molecule has 1 fully saturated rings. The summed E-state index contributed by atoms with van der Waals surface area (Å²) < 4.78 is 0. The van der Waals surface area contributed by atoms with Crippen molar-refractivity contribution in [1.82, 2.24) is 10.2 Å². The van der Waals surface area contributed by atoms with Gasteiger partial charge in [0.15, 0.2) is 0 Å². The zero-order valence-electron chi connectivity index (χ0n) is 11.9. The van der Waals surface area contributed by atoms with Crippen LogP contribution >= 0.6 is 12.4 Å². The van der Waals surface area contributed by atoms with Gasteiger partial charge in [0.1, 0.15) is 0 Å². The molecule has 1 aliphatic carbocycles. The maximum Gasteiger partial charge on any atom is 0.239 e. The van der Waals surface area contributed by atoms with E-state index < -0.39 is 0 Å². The highest BCUT2D eigenvalue weighted by Gasteiger charge is 2.34. The first-order valence-electron chi connectivity index (χ1n) is 6.89. The molecule has 6 heteroatoms. The molecule has 1 rings (SSSR count). The molecule has 3 N–H and O–H groups in total. The molecule has 5 nitrogen and oxygen atoms in total. The van der Waals surface area contributed by atoms with Crippen molar-refractivity contribution < 1.29 is 9.59 Å². The number of rotatable bonds is 6. The lowest BCUT2D eigenvalue weighted by Gasteiger charge is -2.26. The number of hydrogen-bond donors (Lipinski definition) is 2. The number of carbonyl (C=O) groups excluding carboxylic acids is 2. The minimum Gasteiger partial charge on any atom is -0.355 e. The van der Waals surface area contributed by atoms with Gasteiger partial charge in [-0.05, 0) is 39.2 Å². The fourth-order valence-electron chi connectivity index (χ4n) is 2.65. The summed E-state index contributed by atoms with van der Waals surface area (Å²) in [6, 6.07) is 0. The topological polar surface area (TPSA) is 75.4 Å². The lowest BCUT2D eigenvalue weighted by molar-refractivity contribution is -0.140. The Morgan fingerprint density at radius 1 is 1.32 bits per heavy atom. The largest absolute Gasteiger partial charge is 0.355 e. The molecule has 0 radical (unpaired) electrons. The van der Waals surface area contributed by atoms with Gasteiger partial charge in [-0.15, -0.1) is 12.4 Å². The summed E-state index contributed by atoms with van der Waals surface area (Å²) in [5.41, 5.74) is 5.70. The highest BCUT2D eigenvalue weighted by atomic mass is 35.5. The van der Waals surface area contributed by atoms with Crippen molar-refractivity contribution in [3.63, 3.8) is 0 Å². The molecule has 0 heterocycles. The second-order valence-corrected chi connectivity index (χ2v) is 4.84. The van der Waals surface area contributed by atoms with Crippen molar-refractivity contribution in [2.24, 2.45) is 17.6 Å². The number of amides is 2. The number of hydrogen-bond acceptors (Lipinski definition) is 3. The summed E-state index contributed by atoms with van der Waals surface area (Å²) in [5.74, 6) is 0.317. The Morgan fingerprint density at radius 2 is 2.00 bits per heavy atom. The quantitative estimate of drug-likeness (QED) is 0.759. The summed E-state index contributed by atoms with van der Waals surface area (Å²) in [6.45, 7) is 5.68. The van der Waals surface area contributed by atoms with Crippen LogP contribution in [0.4, 0.5) is 0 Å². The molecule has 0 aliphatic heterocycles. The minimum absolute atomic E-state index is 0. The van der Waals surface area contributed by atoms with E-state index in [9.17, 15) is 9.59 Å². The van der Waals surface area contributed by atoms with Crippen molar-refractivity contribution in [1.29, 1.82) is 0 Å². The third-order valence-electron chi connectivity index (χ3n) is 3.68. The number of likely N-dealkylation sites (N-methyl/N-ethyl adjacent to an activating group) is 2. The van der Waals surface area contributed by atoms with Crippen LogP contribution in [0.3, 0.4) is 0 Å². The maximum absolute atomic E-state index is 12.4. The molecule has 19 heavy (non-hydrogen) atoms. The van der Waals surface area contributed by atoms with Crippen molar-refractivity contribution in [3.05, 3.63) is 0 Å². The van der Waals surface area contributed by atoms with Crippen LogP contribution in [-0.2, 0) is 9.59 Å². The molecule has 1 saturated carbocycles. The molecule has 2 atom stereocenters. The zero-order valence-corrected chi connectivity index (χ0v) is 12.7. The van der Waals surface area contributed by atoms with Crippen LogP contribution in [0.1, 0.15) is 33.1 Å². The fraction of sp³-hybridized carbons (Fsp3) is 0.846.